The van der Waals surface area contributed by atoms with E-state index in [-0.39, 0.29) is 0 Å². The molecule has 0 spiro atoms. The van der Waals surface area contributed by atoms with Crippen molar-refractivity contribution >= 4 is 61.9 Å². The van der Waals surface area contributed by atoms with E-state index in [1.54, 1.807) is 0 Å². The van der Waals surface area contributed by atoms with Crippen molar-refractivity contribution < 1.29 is 11.5 Å². The standard InChI is InChI=1S/C26H36N2.4ClH.Re/c1-17(2)21-11-9-12-22(18(3)4)25(21)27-15-16-28-26-23(19(5)6)13-10-14-24(26)20(7)8;;;;;/h9-20H,1-8H3;4*1H;/q;;;;;+4/p-4. The molecule has 2 aromatic rings. The van der Waals surface area contributed by atoms with E-state index in [9.17, 15) is 0 Å². The average Bonchev–Trinajstić information content (AvgIpc) is 2.69. The first-order chi connectivity index (χ1) is 15.2. The number of rotatable bonds is 7. The molecule has 0 saturated carbocycles. The monoisotopic (exact) mass is 703 g/mol. The Bertz CT molecular complexity index is 816. The van der Waals surface area contributed by atoms with E-state index < -0.39 is 11.5 Å². The van der Waals surface area contributed by atoms with Gasteiger partial charge in [-0.1, -0.05) is 91.8 Å². The van der Waals surface area contributed by atoms with Gasteiger partial charge < -0.3 is 0 Å². The molecule has 2 rings (SSSR count). The van der Waals surface area contributed by atoms with Gasteiger partial charge in [0.1, 0.15) is 0 Å². The Hall–Kier alpha value is -0.398. The maximum absolute atomic E-state index is 5.03. The molecule has 0 N–H and O–H groups in total. The molecule has 185 valence electrons. The van der Waals surface area contributed by atoms with Gasteiger partial charge >= 0.3 is 49.6 Å². The van der Waals surface area contributed by atoms with Crippen LogP contribution in [0.3, 0.4) is 0 Å². The Morgan fingerprint density at radius 1 is 0.545 bits per heavy atom. The number of benzene rings is 2. The first-order valence-electron chi connectivity index (χ1n) is 11.1. The van der Waals surface area contributed by atoms with E-state index in [2.05, 4.69) is 91.8 Å². The number of para-hydroxylation sites is 2. The molecule has 0 fully saturated rings. The Morgan fingerprint density at radius 2 is 0.758 bits per heavy atom. The summed E-state index contributed by atoms with van der Waals surface area (Å²) in [5.41, 5.74) is 7.37. The zero-order valence-electron chi connectivity index (χ0n) is 20.7. The number of hydrogen-bond donors (Lipinski definition) is 0. The van der Waals surface area contributed by atoms with Gasteiger partial charge in [0.05, 0.1) is 11.4 Å². The van der Waals surface area contributed by atoms with E-state index >= 15 is 0 Å². The molecule has 0 heterocycles. The Kier molecular flexibility index (Phi) is 13.2. The van der Waals surface area contributed by atoms with Crippen LogP contribution in [0, 0.1) is 0 Å². The van der Waals surface area contributed by atoms with Crippen LogP contribution in [0.25, 0.3) is 0 Å². The molecule has 0 aliphatic heterocycles. The first kappa shape index (κ1) is 30.6. The minimum absolute atomic E-state index is 0.442. The van der Waals surface area contributed by atoms with Crippen molar-refractivity contribution in [3.63, 3.8) is 0 Å². The summed E-state index contributed by atoms with van der Waals surface area (Å²) in [5, 5.41) is 0. The molecule has 0 amide bonds. The Morgan fingerprint density at radius 3 is 0.939 bits per heavy atom. The normalized spacial score (nSPS) is 13.0. The molecule has 0 bridgehead atoms. The second-order valence-electron chi connectivity index (χ2n) is 9.07. The molecule has 2 aromatic carbocycles. The van der Waals surface area contributed by atoms with Gasteiger partial charge in [0.2, 0.25) is 0 Å². The summed E-state index contributed by atoms with van der Waals surface area (Å²) >= 11 is -3.22. The number of aliphatic imine (C=N–C) groups is 2. The summed E-state index contributed by atoms with van der Waals surface area (Å²) < 4.78 is 0. The van der Waals surface area contributed by atoms with Crippen molar-refractivity contribution in [2.45, 2.75) is 79.1 Å². The molecule has 0 unspecified atom stereocenters. The van der Waals surface area contributed by atoms with Crippen molar-refractivity contribution in [3.8, 4) is 0 Å². The van der Waals surface area contributed by atoms with E-state index in [0.29, 0.717) is 23.7 Å². The van der Waals surface area contributed by atoms with E-state index in [1.807, 2.05) is 12.4 Å². The van der Waals surface area contributed by atoms with Gasteiger partial charge in [0, 0.05) is 12.4 Å². The van der Waals surface area contributed by atoms with Gasteiger partial charge in [-0.3, -0.25) is 9.98 Å². The summed E-state index contributed by atoms with van der Waals surface area (Å²) in [5.74, 6) is 1.77. The van der Waals surface area contributed by atoms with Crippen LogP contribution < -0.4 is 0 Å². The van der Waals surface area contributed by atoms with Crippen LogP contribution in [-0.2, 0) is 11.5 Å². The van der Waals surface area contributed by atoms with Crippen LogP contribution in [0.4, 0.5) is 11.4 Å². The molecule has 0 atom stereocenters. The molecule has 0 aliphatic rings. The second-order valence-corrected chi connectivity index (χ2v) is 32.6. The summed E-state index contributed by atoms with van der Waals surface area (Å²) in [6, 6.07) is 13.0. The van der Waals surface area contributed by atoms with Gasteiger partial charge in [0.15, 0.2) is 0 Å². The average molecular weight is 705 g/mol. The van der Waals surface area contributed by atoms with Crippen molar-refractivity contribution in [3.05, 3.63) is 58.7 Å². The molecular formula is C26H36Cl4N2Re. The third-order valence-electron chi connectivity index (χ3n) is 5.16. The molecule has 0 saturated heterocycles. The predicted octanol–water partition coefficient (Wildman–Crippen LogP) is 11.0. The number of hydrogen-bond acceptors (Lipinski definition) is 2. The number of nitrogens with zero attached hydrogens (tertiary/aromatic N) is 2. The van der Waals surface area contributed by atoms with Crippen LogP contribution >= 0.6 is 38.1 Å². The molecular weight excluding hydrogens is 668 g/mol. The quantitative estimate of drug-likeness (QED) is 0.256. The van der Waals surface area contributed by atoms with Crippen LogP contribution in [-0.4, -0.2) is 12.4 Å². The first-order valence-corrected chi connectivity index (χ1v) is 24.6. The van der Waals surface area contributed by atoms with Crippen LogP contribution in [0.5, 0.6) is 0 Å². The second kappa shape index (κ2) is 14.2. The van der Waals surface area contributed by atoms with Gasteiger partial charge in [-0.15, -0.1) is 0 Å². The fraction of sp³-hybridized carbons (Fsp3) is 0.462. The summed E-state index contributed by atoms with van der Waals surface area (Å²) in [4.78, 5) is 9.68. The zero-order chi connectivity index (χ0) is 25.3. The predicted molar refractivity (Wildman–Crippen MR) is 149 cm³/mol. The van der Waals surface area contributed by atoms with Crippen molar-refractivity contribution in [2.75, 3.05) is 0 Å². The van der Waals surface area contributed by atoms with E-state index in [1.165, 1.54) is 22.3 Å². The molecule has 7 heteroatoms. The molecule has 0 radical (unpaired) electrons. The molecule has 0 aromatic heterocycles. The van der Waals surface area contributed by atoms with Crippen molar-refractivity contribution in [1.29, 1.82) is 0 Å². The minimum atomic E-state index is -3.22. The summed E-state index contributed by atoms with van der Waals surface area (Å²) in [6.45, 7) is 17.8. The third kappa shape index (κ3) is 10.8. The van der Waals surface area contributed by atoms with E-state index in [0.717, 1.165) is 11.4 Å². The SMILES string of the molecule is CC(C)c1cccc(C(C)C)c1N=CC=Nc1c(C(C)C)cccc1C(C)C.[Cl][Re]([Cl])([Cl])[Cl]. The van der Waals surface area contributed by atoms with Crippen LogP contribution in [0.1, 0.15) is 101 Å². The van der Waals surface area contributed by atoms with Crippen LogP contribution in [0.2, 0.25) is 0 Å². The number of halogens is 4. The molecule has 33 heavy (non-hydrogen) atoms. The summed E-state index contributed by atoms with van der Waals surface area (Å²) in [7, 11) is 20.1. The van der Waals surface area contributed by atoms with Gasteiger partial charge in [0.25, 0.3) is 0 Å². The van der Waals surface area contributed by atoms with Crippen molar-refractivity contribution in [1.82, 2.24) is 0 Å². The van der Waals surface area contributed by atoms with Crippen LogP contribution in [0.15, 0.2) is 46.4 Å². The topological polar surface area (TPSA) is 24.7 Å². The van der Waals surface area contributed by atoms with E-state index in [4.69, 9.17) is 48.1 Å². The zero-order valence-corrected chi connectivity index (χ0v) is 26.5. The Balaban J connectivity index is 0.000000981. The van der Waals surface area contributed by atoms with Gasteiger partial charge in [-0.2, -0.15) is 0 Å². The maximum atomic E-state index is 5.03. The van der Waals surface area contributed by atoms with Crippen molar-refractivity contribution in [2.24, 2.45) is 9.98 Å². The summed E-state index contributed by atoms with van der Waals surface area (Å²) in [6.07, 6.45) is 3.71. The fourth-order valence-corrected chi connectivity index (χ4v) is 3.54. The fourth-order valence-electron chi connectivity index (χ4n) is 3.54. The third-order valence-corrected chi connectivity index (χ3v) is 5.16. The Labute approximate surface area is 219 Å². The van der Waals surface area contributed by atoms with Gasteiger partial charge in [-0.05, 0) is 45.9 Å². The molecule has 0 aliphatic carbocycles. The molecule has 2 nitrogen and oxygen atoms in total. The van der Waals surface area contributed by atoms with Gasteiger partial charge in [-0.25, -0.2) is 0 Å².